The molecule has 0 fully saturated rings. The Bertz CT molecular complexity index is 514. The molecule has 1 atom stereocenters. The fraction of sp³-hybridized carbons (Fsp3) is 0.462. The molecule has 3 N–H and O–H groups in total. The average Bonchev–Trinajstić information content (AvgIpc) is 2.63. The SMILES string of the molecule is CC(C)(C)OC(=O)NC[C@H]1OB(O)c2c(O)cccc21. The van der Waals surface area contributed by atoms with Gasteiger partial charge in [-0.05, 0) is 32.4 Å². The molecule has 0 radical (unpaired) electrons. The van der Waals surface area contributed by atoms with E-state index in [0.717, 1.165) is 0 Å². The van der Waals surface area contributed by atoms with Gasteiger partial charge in [-0.2, -0.15) is 0 Å². The van der Waals surface area contributed by atoms with Gasteiger partial charge < -0.3 is 24.8 Å². The molecule has 0 spiro atoms. The van der Waals surface area contributed by atoms with E-state index in [0.29, 0.717) is 11.0 Å². The highest BCUT2D eigenvalue weighted by atomic mass is 16.6. The quantitative estimate of drug-likeness (QED) is 0.693. The van der Waals surface area contributed by atoms with Crippen molar-refractivity contribution in [2.75, 3.05) is 6.54 Å². The van der Waals surface area contributed by atoms with Crippen LogP contribution in [0.25, 0.3) is 0 Å². The normalized spacial score (nSPS) is 17.8. The van der Waals surface area contributed by atoms with Gasteiger partial charge in [-0.3, -0.25) is 0 Å². The van der Waals surface area contributed by atoms with Gasteiger partial charge in [0.2, 0.25) is 0 Å². The van der Waals surface area contributed by atoms with Gasteiger partial charge in [0.15, 0.2) is 0 Å². The highest BCUT2D eigenvalue weighted by Crippen LogP contribution is 2.26. The summed E-state index contributed by atoms with van der Waals surface area (Å²) in [5.41, 5.74) is 0.438. The zero-order chi connectivity index (χ0) is 14.9. The summed E-state index contributed by atoms with van der Waals surface area (Å²) in [7, 11) is -1.18. The van der Waals surface area contributed by atoms with Crippen molar-refractivity contribution < 1.29 is 24.3 Å². The van der Waals surface area contributed by atoms with Crippen LogP contribution in [0.1, 0.15) is 32.4 Å². The van der Waals surface area contributed by atoms with Gasteiger partial charge in [0, 0.05) is 12.0 Å². The van der Waals surface area contributed by atoms with Gasteiger partial charge in [-0.1, -0.05) is 12.1 Å². The second-order valence-corrected chi connectivity index (χ2v) is 5.64. The van der Waals surface area contributed by atoms with E-state index in [4.69, 9.17) is 9.39 Å². The Kier molecular flexibility index (Phi) is 3.92. The molecule has 1 aliphatic rings. The van der Waals surface area contributed by atoms with E-state index in [1.807, 2.05) is 0 Å². The second-order valence-electron chi connectivity index (χ2n) is 5.64. The molecule has 6 nitrogen and oxygen atoms in total. The third-order valence-corrected chi connectivity index (χ3v) is 2.83. The number of carbonyl (C=O) groups excluding carboxylic acids is 1. The lowest BCUT2D eigenvalue weighted by atomic mass is 9.78. The first-order valence-electron chi connectivity index (χ1n) is 6.40. The molecule has 0 saturated carbocycles. The maximum absolute atomic E-state index is 11.6. The van der Waals surface area contributed by atoms with Crippen LogP contribution in [0, 0.1) is 0 Å². The number of alkyl carbamates (subject to hydrolysis) is 1. The third-order valence-electron chi connectivity index (χ3n) is 2.83. The standard InChI is InChI=1S/C13H18BNO5/c1-13(2,3)19-12(17)15-7-10-8-5-4-6-9(16)11(8)14(18)20-10/h4-6,10,16,18H,7H2,1-3H3,(H,15,17)/t10-/m1/s1. The van der Waals surface area contributed by atoms with Crippen molar-refractivity contribution in [2.24, 2.45) is 0 Å². The number of phenolic OH excluding ortho intramolecular Hbond substituents is 1. The minimum atomic E-state index is -1.18. The molecule has 1 amide bonds. The summed E-state index contributed by atoms with van der Waals surface area (Å²) in [5.74, 6) is -0.0187. The zero-order valence-electron chi connectivity index (χ0n) is 11.7. The Labute approximate surface area is 117 Å². The van der Waals surface area contributed by atoms with Crippen LogP contribution < -0.4 is 10.8 Å². The van der Waals surface area contributed by atoms with Crippen LogP contribution >= 0.6 is 0 Å². The van der Waals surface area contributed by atoms with Crippen LogP contribution in [0.5, 0.6) is 5.75 Å². The van der Waals surface area contributed by atoms with Crippen LogP contribution in [0.4, 0.5) is 4.79 Å². The van der Waals surface area contributed by atoms with Gasteiger partial charge in [0.05, 0.1) is 6.10 Å². The summed E-state index contributed by atoms with van der Waals surface area (Å²) in [6, 6.07) is 4.89. The maximum Gasteiger partial charge on any atom is 0.495 e. The average molecular weight is 279 g/mol. The summed E-state index contributed by atoms with van der Waals surface area (Å²) in [4.78, 5) is 11.6. The highest BCUT2D eigenvalue weighted by molar-refractivity contribution is 6.62. The van der Waals surface area contributed by atoms with Crippen LogP contribution in [-0.4, -0.2) is 35.5 Å². The fourth-order valence-corrected chi connectivity index (χ4v) is 2.07. The summed E-state index contributed by atoms with van der Waals surface area (Å²) >= 11 is 0. The number of ether oxygens (including phenoxy) is 1. The van der Waals surface area contributed by atoms with E-state index < -0.39 is 24.9 Å². The minimum absolute atomic E-state index is 0.0187. The largest absolute Gasteiger partial charge is 0.508 e. The lowest BCUT2D eigenvalue weighted by Gasteiger charge is -2.21. The van der Waals surface area contributed by atoms with Gasteiger partial charge in [0.25, 0.3) is 0 Å². The monoisotopic (exact) mass is 279 g/mol. The topological polar surface area (TPSA) is 88.0 Å². The van der Waals surface area contributed by atoms with E-state index in [2.05, 4.69) is 5.32 Å². The summed E-state index contributed by atoms with van der Waals surface area (Å²) in [5, 5.41) is 22.0. The Hall–Kier alpha value is -1.73. The van der Waals surface area contributed by atoms with E-state index >= 15 is 0 Å². The molecule has 108 valence electrons. The van der Waals surface area contributed by atoms with E-state index in [1.54, 1.807) is 32.9 Å². The molecule has 2 rings (SSSR count). The van der Waals surface area contributed by atoms with Gasteiger partial charge in [0.1, 0.15) is 11.4 Å². The molecule has 1 aliphatic heterocycles. The maximum atomic E-state index is 11.6. The number of hydrogen-bond donors (Lipinski definition) is 3. The first kappa shape index (κ1) is 14.7. The molecule has 0 aromatic heterocycles. The summed E-state index contributed by atoms with van der Waals surface area (Å²) in [6.07, 6.45) is -1.07. The first-order chi connectivity index (χ1) is 9.28. The number of hydrogen-bond acceptors (Lipinski definition) is 5. The van der Waals surface area contributed by atoms with Gasteiger partial charge in [-0.25, -0.2) is 4.79 Å². The van der Waals surface area contributed by atoms with Crippen molar-refractivity contribution in [3.63, 3.8) is 0 Å². The van der Waals surface area contributed by atoms with Crippen molar-refractivity contribution in [3.05, 3.63) is 23.8 Å². The third kappa shape index (κ3) is 3.23. The Morgan fingerprint density at radius 1 is 1.50 bits per heavy atom. The molecular weight excluding hydrogens is 261 g/mol. The van der Waals surface area contributed by atoms with Crippen LogP contribution in [0.3, 0.4) is 0 Å². The van der Waals surface area contributed by atoms with E-state index in [1.165, 1.54) is 6.07 Å². The molecular formula is C13H18BNO5. The number of aromatic hydroxyl groups is 1. The number of fused-ring (bicyclic) bond motifs is 1. The van der Waals surface area contributed by atoms with Crippen LogP contribution in [0.15, 0.2) is 18.2 Å². The lowest BCUT2D eigenvalue weighted by molar-refractivity contribution is 0.0498. The zero-order valence-corrected chi connectivity index (χ0v) is 11.7. The number of carbonyl (C=O) groups is 1. The number of benzene rings is 1. The Morgan fingerprint density at radius 2 is 2.20 bits per heavy atom. The van der Waals surface area contributed by atoms with Crippen molar-refractivity contribution in [1.82, 2.24) is 5.32 Å². The van der Waals surface area contributed by atoms with E-state index in [-0.39, 0.29) is 12.3 Å². The molecule has 0 unspecified atom stereocenters. The molecule has 1 aromatic carbocycles. The predicted molar refractivity (Wildman–Crippen MR) is 73.8 cm³/mol. The lowest BCUT2D eigenvalue weighted by Crippen LogP contribution is -2.35. The summed E-state index contributed by atoms with van der Waals surface area (Å²) in [6.45, 7) is 5.48. The molecule has 7 heteroatoms. The van der Waals surface area contributed by atoms with Gasteiger partial charge in [-0.15, -0.1) is 0 Å². The minimum Gasteiger partial charge on any atom is -0.508 e. The second kappa shape index (κ2) is 5.34. The first-order valence-corrected chi connectivity index (χ1v) is 6.40. The molecule has 0 aliphatic carbocycles. The smallest absolute Gasteiger partial charge is 0.495 e. The number of phenols is 1. The van der Waals surface area contributed by atoms with Crippen LogP contribution in [-0.2, 0) is 9.39 Å². The molecule has 20 heavy (non-hydrogen) atoms. The number of rotatable bonds is 2. The van der Waals surface area contributed by atoms with Crippen LogP contribution in [0.2, 0.25) is 0 Å². The number of amides is 1. The molecule has 1 aromatic rings. The highest BCUT2D eigenvalue weighted by Gasteiger charge is 2.37. The van der Waals surface area contributed by atoms with E-state index in [9.17, 15) is 14.9 Å². The molecule has 1 heterocycles. The number of nitrogens with one attached hydrogen (secondary N) is 1. The summed E-state index contributed by atoms with van der Waals surface area (Å²) < 4.78 is 10.4. The molecule has 0 saturated heterocycles. The fourth-order valence-electron chi connectivity index (χ4n) is 2.07. The Balaban J connectivity index is 2.00. The van der Waals surface area contributed by atoms with Crippen molar-refractivity contribution >= 4 is 18.7 Å². The van der Waals surface area contributed by atoms with Crippen molar-refractivity contribution in [3.8, 4) is 5.75 Å². The molecule has 0 bridgehead atoms. The van der Waals surface area contributed by atoms with Gasteiger partial charge >= 0.3 is 13.2 Å². The predicted octanol–water partition coefficient (Wildman–Crippen LogP) is 0.676. The Morgan fingerprint density at radius 3 is 2.85 bits per heavy atom. The van der Waals surface area contributed by atoms with Crippen molar-refractivity contribution in [2.45, 2.75) is 32.5 Å². The van der Waals surface area contributed by atoms with Crippen molar-refractivity contribution in [1.29, 1.82) is 0 Å².